The Morgan fingerprint density at radius 2 is 1.94 bits per heavy atom. The van der Waals surface area contributed by atoms with Gasteiger partial charge in [-0.1, -0.05) is 23.7 Å². The minimum Gasteiger partial charge on any atom is -0.494 e. The quantitative estimate of drug-likeness (QED) is 0.330. The van der Waals surface area contributed by atoms with Crippen LogP contribution in [0, 0.1) is 0 Å². The molecule has 1 aliphatic heterocycles. The average molecular weight is 475 g/mol. The summed E-state index contributed by atoms with van der Waals surface area (Å²) in [7, 11) is 0. The molecule has 0 spiro atoms. The molecule has 1 aromatic heterocycles. The Kier molecular flexibility index (Phi) is 6.59. The van der Waals surface area contributed by atoms with E-state index < -0.39 is 5.60 Å². The molecule has 0 fully saturated rings. The molecule has 0 radical (unpaired) electrons. The Labute approximate surface area is 198 Å². The summed E-state index contributed by atoms with van der Waals surface area (Å²) in [5.74, 6) is 1.35. The number of carbonyl (C=O) groups excluding carboxylic acids is 1. The molecule has 0 saturated heterocycles. The van der Waals surface area contributed by atoms with Gasteiger partial charge in [-0.2, -0.15) is 0 Å². The summed E-state index contributed by atoms with van der Waals surface area (Å²) in [5, 5.41) is 1.80. The molecule has 0 bridgehead atoms. The van der Waals surface area contributed by atoms with E-state index in [0.29, 0.717) is 24.1 Å². The molecular formula is C25H28Cl2N2O3. The second-order valence-electron chi connectivity index (χ2n) is 8.99. The molecule has 170 valence electrons. The number of alkyl halides is 1. The number of ether oxygens (including phenoxy) is 2. The van der Waals surface area contributed by atoms with Crippen molar-refractivity contribution in [3.05, 3.63) is 64.3 Å². The van der Waals surface area contributed by atoms with Gasteiger partial charge in [-0.25, -0.2) is 4.79 Å². The number of nitrogens with zero attached hydrogens (tertiary/aromatic N) is 1. The predicted octanol–water partition coefficient (Wildman–Crippen LogP) is 6.71. The van der Waals surface area contributed by atoms with Gasteiger partial charge >= 0.3 is 6.09 Å². The van der Waals surface area contributed by atoms with Gasteiger partial charge in [0.05, 0.1) is 6.61 Å². The van der Waals surface area contributed by atoms with E-state index in [2.05, 4.69) is 4.98 Å². The van der Waals surface area contributed by atoms with Crippen molar-refractivity contribution >= 4 is 40.2 Å². The van der Waals surface area contributed by atoms with E-state index in [9.17, 15) is 4.79 Å². The third-order valence-electron chi connectivity index (χ3n) is 5.46. The lowest BCUT2D eigenvalue weighted by atomic mass is 9.92. The van der Waals surface area contributed by atoms with Crippen LogP contribution < -0.4 is 4.74 Å². The fourth-order valence-corrected chi connectivity index (χ4v) is 4.40. The molecule has 1 atom stereocenters. The van der Waals surface area contributed by atoms with Gasteiger partial charge in [0.1, 0.15) is 17.4 Å². The van der Waals surface area contributed by atoms with Crippen LogP contribution in [0.2, 0.25) is 5.02 Å². The first kappa shape index (κ1) is 22.8. The van der Waals surface area contributed by atoms with Gasteiger partial charge in [-0.15, -0.1) is 11.6 Å². The number of amides is 1. The maximum Gasteiger partial charge on any atom is 0.411 e. The zero-order valence-electron chi connectivity index (χ0n) is 18.6. The van der Waals surface area contributed by atoms with E-state index in [1.54, 1.807) is 4.90 Å². The molecule has 3 aromatic rings. The number of halogens is 2. The number of hydrogen-bond acceptors (Lipinski definition) is 3. The fraction of sp³-hybridized carbons (Fsp3) is 0.400. The molecule has 2 heterocycles. The first-order chi connectivity index (χ1) is 15.3. The van der Waals surface area contributed by atoms with Crippen LogP contribution in [0.3, 0.4) is 0 Å². The Morgan fingerprint density at radius 3 is 2.62 bits per heavy atom. The molecule has 4 rings (SSSR count). The second-order valence-corrected chi connectivity index (χ2v) is 9.81. The number of rotatable bonds is 5. The van der Waals surface area contributed by atoms with E-state index in [1.807, 2.05) is 63.2 Å². The lowest BCUT2D eigenvalue weighted by Gasteiger charge is -2.37. The maximum absolute atomic E-state index is 13.1. The van der Waals surface area contributed by atoms with Crippen LogP contribution in [-0.4, -0.2) is 40.6 Å². The second kappa shape index (κ2) is 9.24. The molecule has 2 aromatic carbocycles. The SMILES string of the molecule is CC(C)(C)OC(=O)N1CCc2c([nH]c3ccc(Cl)cc23)[C@@H]1c1ccc(OCCCCl)cc1. The van der Waals surface area contributed by atoms with Crippen LogP contribution in [-0.2, 0) is 11.2 Å². The van der Waals surface area contributed by atoms with E-state index in [4.69, 9.17) is 32.7 Å². The number of benzene rings is 2. The summed E-state index contributed by atoms with van der Waals surface area (Å²) >= 11 is 12.0. The average Bonchev–Trinajstić information content (AvgIpc) is 3.10. The third kappa shape index (κ3) is 4.84. The summed E-state index contributed by atoms with van der Waals surface area (Å²) in [4.78, 5) is 18.5. The molecule has 7 heteroatoms. The highest BCUT2D eigenvalue weighted by molar-refractivity contribution is 6.31. The molecule has 1 aliphatic rings. The van der Waals surface area contributed by atoms with E-state index in [0.717, 1.165) is 40.8 Å². The zero-order chi connectivity index (χ0) is 22.9. The van der Waals surface area contributed by atoms with Gasteiger partial charge in [-0.3, -0.25) is 4.90 Å². The highest BCUT2D eigenvalue weighted by atomic mass is 35.5. The maximum atomic E-state index is 13.1. The summed E-state index contributed by atoms with van der Waals surface area (Å²) in [6.45, 7) is 6.77. The van der Waals surface area contributed by atoms with Crippen LogP contribution >= 0.6 is 23.2 Å². The molecular weight excluding hydrogens is 447 g/mol. The van der Waals surface area contributed by atoms with E-state index >= 15 is 0 Å². The van der Waals surface area contributed by atoms with Crippen molar-refractivity contribution < 1.29 is 14.3 Å². The van der Waals surface area contributed by atoms with Gasteiger partial charge < -0.3 is 14.5 Å². The number of carbonyl (C=O) groups is 1. The van der Waals surface area contributed by atoms with Gasteiger partial charge in [0.2, 0.25) is 0 Å². The first-order valence-corrected chi connectivity index (χ1v) is 11.8. The first-order valence-electron chi connectivity index (χ1n) is 10.8. The highest BCUT2D eigenvalue weighted by Crippen LogP contribution is 2.40. The van der Waals surface area contributed by atoms with Crippen molar-refractivity contribution in [1.29, 1.82) is 0 Å². The Bertz CT molecular complexity index is 1100. The highest BCUT2D eigenvalue weighted by Gasteiger charge is 2.36. The molecule has 0 aliphatic carbocycles. The van der Waals surface area contributed by atoms with E-state index in [-0.39, 0.29) is 12.1 Å². The molecule has 0 unspecified atom stereocenters. The van der Waals surface area contributed by atoms with Gasteiger partial charge in [0, 0.05) is 34.0 Å². The minimum absolute atomic E-state index is 0.295. The van der Waals surface area contributed by atoms with Crippen molar-refractivity contribution in [2.24, 2.45) is 0 Å². The number of aromatic nitrogens is 1. The summed E-state index contributed by atoms with van der Waals surface area (Å²) in [6.07, 6.45) is 1.19. The summed E-state index contributed by atoms with van der Waals surface area (Å²) < 4.78 is 11.5. The Hall–Kier alpha value is -2.37. The third-order valence-corrected chi connectivity index (χ3v) is 5.96. The monoisotopic (exact) mass is 474 g/mol. The van der Waals surface area contributed by atoms with Gasteiger partial charge in [0.15, 0.2) is 0 Å². The van der Waals surface area contributed by atoms with Crippen molar-refractivity contribution in [3.63, 3.8) is 0 Å². The van der Waals surface area contributed by atoms with Crippen LogP contribution in [0.25, 0.3) is 10.9 Å². The van der Waals surface area contributed by atoms with Crippen molar-refractivity contribution in [2.75, 3.05) is 19.0 Å². The molecule has 0 saturated carbocycles. The topological polar surface area (TPSA) is 54.6 Å². The van der Waals surface area contributed by atoms with Crippen molar-refractivity contribution in [1.82, 2.24) is 9.88 Å². The summed E-state index contributed by atoms with van der Waals surface area (Å²) in [5.41, 5.74) is 3.61. The molecule has 1 amide bonds. The van der Waals surface area contributed by atoms with Crippen LogP contribution in [0.1, 0.15) is 50.1 Å². The lowest BCUT2D eigenvalue weighted by Crippen LogP contribution is -2.43. The number of fused-ring (bicyclic) bond motifs is 3. The molecule has 32 heavy (non-hydrogen) atoms. The van der Waals surface area contributed by atoms with Crippen LogP contribution in [0.5, 0.6) is 5.75 Å². The normalized spacial score (nSPS) is 16.2. The largest absolute Gasteiger partial charge is 0.494 e. The number of aromatic amines is 1. The lowest BCUT2D eigenvalue weighted by molar-refractivity contribution is 0.0175. The van der Waals surface area contributed by atoms with Crippen molar-refractivity contribution in [2.45, 2.75) is 45.3 Å². The van der Waals surface area contributed by atoms with Crippen LogP contribution in [0.4, 0.5) is 4.79 Å². The number of H-pyrrole nitrogens is 1. The smallest absolute Gasteiger partial charge is 0.411 e. The van der Waals surface area contributed by atoms with Crippen molar-refractivity contribution in [3.8, 4) is 5.75 Å². The standard InChI is InChI=1S/C25H28Cl2N2O3/c1-25(2,3)32-24(30)29-13-11-19-20-15-17(27)7-10-21(20)28-22(19)23(29)16-5-8-18(9-6-16)31-14-4-12-26/h5-10,15,23,28H,4,11-14H2,1-3H3/t23-/m0/s1. The van der Waals surface area contributed by atoms with E-state index in [1.165, 1.54) is 5.56 Å². The van der Waals surface area contributed by atoms with Gasteiger partial charge in [-0.05, 0) is 75.1 Å². The Balaban J connectivity index is 1.73. The van der Waals surface area contributed by atoms with Crippen LogP contribution in [0.15, 0.2) is 42.5 Å². The Morgan fingerprint density at radius 1 is 1.19 bits per heavy atom. The number of nitrogens with one attached hydrogen (secondary N) is 1. The predicted molar refractivity (Wildman–Crippen MR) is 129 cm³/mol. The minimum atomic E-state index is -0.573. The number of hydrogen-bond donors (Lipinski definition) is 1. The molecule has 1 N–H and O–H groups in total. The molecule has 5 nitrogen and oxygen atoms in total. The summed E-state index contributed by atoms with van der Waals surface area (Å²) in [6, 6.07) is 13.4. The van der Waals surface area contributed by atoms with Gasteiger partial charge in [0.25, 0.3) is 0 Å². The fourth-order valence-electron chi connectivity index (χ4n) is 4.12. The zero-order valence-corrected chi connectivity index (χ0v) is 20.1.